The Morgan fingerprint density at radius 1 is 1.17 bits per heavy atom. The number of anilines is 4. The van der Waals surface area contributed by atoms with Gasteiger partial charge in [-0.25, -0.2) is 15.0 Å². The molecule has 0 bridgehead atoms. The van der Waals surface area contributed by atoms with Crippen molar-refractivity contribution in [3.05, 3.63) is 49.1 Å². The van der Waals surface area contributed by atoms with E-state index in [0.717, 1.165) is 59.4 Å². The number of rotatable bonds is 5. The average Bonchev–Trinajstić information content (AvgIpc) is 3.37. The molecule has 0 unspecified atom stereocenters. The molecule has 1 saturated heterocycles. The molecule has 3 aromatic heterocycles. The summed E-state index contributed by atoms with van der Waals surface area (Å²) in [5.74, 6) is 2.04. The fourth-order valence-electron chi connectivity index (χ4n) is 4.70. The normalized spacial score (nSPS) is 16.7. The van der Waals surface area contributed by atoms with E-state index in [9.17, 15) is 0 Å². The minimum absolute atomic E-state index is 0.204. The number of nitrogens with zero attached hydrogens (tertiary/aromatic N) is 5. The molecule has 186 valence electrons. The van der Waals surface area contributed by atoms with Crippen LogP contribution in [0.3, 0.4) is 0 Å². The van der Waals surface area contributed by atoms with Crippen LogP contribution in [0.15, 0.2) is 49.1 Å². The summed E-state index contributed by atoms with van der Waals surface area (Å²) in [6, 6.07) is 8.12. The van der Waals surface area contributed by atoms with E-state index in [1.54, 1.807) is 19.5 Å². The lowest BCUT2D eigenvalue weighted by atomic mass is 10.1. The average molecular weight is 488 g/mol. The Morgan fingerprint density at radius 3 is 2.94 bits per heavy atom. The van der Waals surface area contributed by atoms with Gasteiger partial charge in [0.1, 0.15) is 12.4 Å². The molecule has 36 heavy (non-hydrogen) atoms. The first-order chi connectivity index (χ1) is 17.5. The van der Waals surface area contributed by atoms with Crippen LogP contribution >= 0.6 is 0 Å². The Hall–Kier alpha value is -4.05. The van der Waals surface area contributed by atoms with Crippen LogP contribution in [0.2, 0.25) is 0 Å². The SMILES string of the molecule is COc1cc(Nc2nc(-c3cnc4c(c3)NCCO4)cn3ccnc23)ccc1N1CCOC(C)(C)C1. The zero-order chi connectivity index (χ0) is 24.7. The molecule has 10 nitrogen and oxygen atoms in total. The maximum Gasteiger partial charge on any atom is 0.237 e. The van der Waals surface area contributed by atoms with E-state index in [1.807, 2.05) is 35.0 Å². The van der Waals surface area contributed by atoms with E-state index in [2.05, 4.69) is 45.4 Å². The highest BCUT2D eigenvalue weighted by Crippen LogP contribution is 2.36. The minimum Gasteiger partial charge on any atom is -0.495 e. The molecule has 0 aliphatic carbocycles. The topological polar surface area (TPSA) is 98.1 Å². The first-order valence-corrected chi connectivity index (χ1v) is 12.0. The number of aromatic nitrogens is 4. The van der Waals surface area contributed by atoms with Crippen LogP contribution in [0.1, 0.15) is 13.8 Å². The lowest BCUT2D eigenvalue weighted by Gasteiger charge is -2.39. The number of imidazole rings is 1. The van der Waals surface area contributed by atoms with E-state index in [4.69, 9.17) is 19.2 Å². The van der Waals surface area contributed by atoms with E-state index in [-0.39, 0.29) is 5.60 Å². The second-order valence-corrected chi connectivity index (χ2v) is 9.53. The molecular formula is C26H29N7O3. The monoisotopic (exact) mass is 487 g/mol. The third kappa shape index (κ3) is 4.24. The van der Waals surface area contributed by atoms with Crippen LogP contribution in [0, 0.1) is 0 Å². The largest absolute Gasteiger partial charge is 0.495 e. The van der Waals surface area contributed by atoms with Crippen molar-refractivity contribution in [1.29, 1.82) is 0 Å². The highest BCUT2D eigenvalue weighted by atomic mass is 16.5. The van der Waals surface area contributed by atoms with Crippen molar-refractivity contribution >= 4 is 28.5 Å². The summed E-state index contributed by atoms with van der Waals surface area (Å²) in [5, 5.41) is 6.78. The van der Waals surface area contributed by atoms with Crippen LogP contribution in [-0.4, -0.2) is 64.9 Å². The van der Waals surface area contributed by atoms with Crippen molar-refractivity contribution in [1.82, 2.24) is 19.4 Å². The summed E-state index contributed by atoms with van der Waals surface area (Å²) in [6.45, 7) is 7.87. The number of hydrogen-bond acceptors (Lipinski definition) is 9. The van der Waals surface area contributed by atoms with E-state index in [0.29, 0.717) is 24.9 Å². The number of ether oxygens (including phenoxy) is 3. The second kappa shape index (κ2) is 8.87. The van der Waals surface area contributed by atoms with Gasteiger partial charge in [0.25, 0.3) is 0 Å². The Balaban J connectivity index is 1.33. The molecule has 6 rings (SSSR count). The smallest absolute Gasteiger partial charge is 0.237 e. The number of benzene rings is 1. The Morgan fingerprint density at radius 2 is 2.08 bits per heavy atom. The van der Waals surface area contributed by atoms with Gasteiger partial charge in [0.05, 0.1) is 36.4 Å². The molecule has 0 radical (unpaired) electrons. The van der Waals surface area contributed by atoms with Gasteiger partial charge in [0.2, 0.25) is 5.88 Å². The first kappa shape index (κ1) is 22.4. The quantitative estimate of drug-likeness (QED) is 0.433. The van der Waals surface area contributed by atoms with E-state index < -0.39 is 0 Å². The van der Waals surface area contributed by atoms with Gasteiger partial charge in [-0.15, -0.1) is 0 Å². The van der Waals surface area contributed by atoms with E-state index in [1.165, 1.54) is 0 Å². The van der Waals surface area contributed by atoms with Crippen molar-refractivity contribution in [2.45, 2.75) is 19.4 Å². The van der Waals surface area contributed by atoms with E-state index >= 15 is 0 Å². The standard InChI is InChI=1S/C26H29N7O3/c1-26(2)16-33(9-11-36-26)21-5-4-18(13-22(21)34-3)30-23-24-28-6-8-32(24)15-20(31-23)17-12-19-25(29-14-17)35-10-7-27-19/h4-6,8,12-15,27H,7,9-11,16H2,1-3H3,(H,30,31). The predicted octanol–water partition coefficient (Wildman–Crippen LogP) is 3.96. The first-order valence-electron chi connectivity index (χ1n) is 12.0. The Bertz CT molecular complexity index is 1420. The summed E-state index contributed by atoms with van der Waals surface area (Å²) >= 11 is 0. The van der Waals surface area contributed by atoms with Gasteiger partial charge < -0.3 is 34.1 Å². The zero-order valence-corrected chi connectivity index (χ0v) is 20.6. The van der Waals surface area contributed by atoms with Gasteiger partial charge in [-0.3, -0.25) is 0 Å². The van der Waals surface area contributed by atoms with Gasteiger partial charge in [0, 0.05) is 61.7 Å². The van der Waals surface area contributed by atoms with Gasteiger partial charge in [0.15, 0.2) is 11.5 Å². The highest BCUT2D eigenvalue weighted by molar-refractivity contribution is 5.77. The van der Waals surface area contributed by atoms with Gasteiger partial charge >= 0.3 is 0 Å². The van der Waals surface area contributed by atoms with Gasteiger partial charge in [-0.2, -0.15) is 0 Å². The van der Waals surface area contributed by atoms with Crippen molar-refractivity contribution < 1.29 is 14.2 Å². The van der Waals surface area contributed by atoms with Crippen molar-refractivity contribution in [3.8, 4) is 22.9 Å². The highest BCUT2D eigenvalue weighted by Gasteiger charge is 2.28. The van der Waals surface area contributed by atoms with Crippen LogP contribution < -0.4 is 25.0 Å². The predicted molar refractivity (Wildman–Crippen MR) is 139 cm³/mol. The molecule has 2 N–H and O–H groups in total. The molecule has 10 heteroatoms. The molecular weight excluding hydrogens is 458 g/mol. The summed E-state index contributed by atoms with van der Waals surface area (Å²) in [4.78, 5) is 16.2. The Labute approximate surface area is 209 Å². The summed E-state index contributed by atoms with van der Waals surface area (Å²) in [7, 11) is 1.70. The molecule has 0 saturated carbocycles. The molecule has 4 aromatic rings. The fourth-order valence-corrected chi connectivity index (χ4v) is 4.70. The number of nitrogens with one attached hydrogen (secondary N) is 2. The molecule has 0 spiro atoms. The van der Waals surface area contributed by atoms with Crippen molar-refractivity contribution in [2.24, 2.45) is 0 Å². The number of hydrogen-bond donors (Lipinski definition) is 2. The van der Waals surface area contributed by atoms with Crippen molar-refractivity contribution in [3.63, 3.8) is 0 Å². The van der Waals surface area contributed by atoms with Gasteiger partial charge in [-0.05, 0) is 32.0 Å². The van der Waals surface area contributed by atoms with Gasteiger partial charge in [-0.1, -0.05) is 0 Å². The molecule has 0 amide bonds. The zero-order valence-electron chi connectivity index (χ0n) is 20.6. The van der Waals surface area contributed by atoms with Crippen LogP contribution in [-0.2, 0) is 4.74 Å². The second-order valence-electron chi connectivity index (χ2n) is 9.53. The lowest BCUT2D eigenvalue weighted by Crippen LogP contribution is -2.48. The molecule has 5 heterocycles. The number of methoxy groups -OCH3 is 1. The molecule has 0 atom stereocenters. The van der Waals surface area contributed by atoms with Crippen LogP contribution in [0.25, 0.3) is 16.9 Å². The molecule has 1 fully saturated rings. The summed E-state index contributed by atoms with van der Waals surface area (Å²) < 4.78 is 19.2. The molecule has 1 aromatic carbocycles. The number of pyridine rings is 1. The maximum absolute atomic E-state index is 5.88. The number of morpholine rings is 1. The Kier molecular flexibility index (Phi) is 5.52. The third-order valence-electron chi connectivity index (χ3n) is 6.39. The summed E-state index contributed by atoms with van der Waals surface area (Å²) in [5.41, 5.74) is 4.94. The third-order valence-corrected chi connectivity index (χ3v) is 6.39. The van der Waals surface area contributed by atoms with Crippen LogP contribution in [0.4, 0.5) is 22.9 Å². The minimum atomic E-state index is -0.204. The molecule has 2 aliphatic heterocycles. The number of fused-ring (bicyclic) bond motifs is 2. The maximum atomic E-state index is 5.88. The fraction of sp³-hybridized carbons (Fsp3) is 0.346. The van der Waals surface area contributed by atoms with Crippen LogP contribution in [0.5, 0.6) is 11.6 Å². The lowest BCUT2D eigenvalue weighted by molar-refractivity contribution is -0.0277. The molecule has 2 aliphatic rings. The summed E-state index contributed by atoms with van der Waals surface area (Å²) in [6.07, 6.45) is 7.39. The van der Waals surface area contributed by atoms with Crippen molar-refractivity contribution in [2.75, 3.05) is 55.5 Å².